The molecule has 2 amide bonds. The van der Waals surface area contributed by atoms with Crippen LogP contribution in [0.1, 0.15) is 39.1 Å². The molecule has 2 aromatic rings. The van der Waals surface area contributed by atoms with Crippen molar-refractivity contribution in [3.63, 3.8) is 0 Å². The van der Waals surface area contributed by atoms with Crippen LogP contribution in [0.15, 0.2) is 66.7 Å². The lowest BCUT2D eigenvalue weighted by molar-refractivity contribution is 0.0657. The molecule has 1 aliphatic heterocycles. The lowest BCUT2D eigenvalue weighted by Gasteiger charge is -2.11. The summed E-state index contributed by atoms with van der Waals surface area (Å²) in [7, 11) is 0. The Kier molecular flexibility index (Phi) is 4.67. The Morgan fingerprint density at radius 2 is 1.30 bits per heavy atom. The Bertz CT molecular complexity index is 699. The second-order valence-electron chi connectivity index (χ2n) is 5.59. The van der Waals surface area contributed by atoms with Crippen LogP contribution in [0.5, 0.6) is 0 Å². The summed E-state index contributed by atoms with van der Waals surface area (Å²) in [6.45, 7) is 0.439. The first kappa shape index (κ1) is 15.2. The SMILES string of the molecule is O=C1c2ccccc2C(=O)N1CC/C=C/CCc1ccccc1. The highest BCUT2D eigenvalue weighted by atomic mass is 16.2. The minimum atomic E-state index is -0.178. The van der Waals surface area contributed by atoms with E-state index in [0.717, 1.165) is 12.8 Å². The van der Waals surface area contributed by atoms with Crippen LogP contribution in [0, 0.1) is 0 Å². The zero-order valence-corrected chi connectivity index (χ0v) is 12.9. The highest BCUT2D eigenvalue weighted by Gasteiger charge is 2.34. The minimum absolute atomic E-state index is 0.178. The number of rotatable bonds is 6. The van der Waals surface area contributed by atoms with Gasteiger partial charge in [0.05, 0.1) is 11.1 Å². The average Bonchev–Trinajstić information content (AvgIpc) is 2.84. The van der Waals surface area contributed by atoms with Crippen molar-refractivity contribution in [2.45, 2.75) is 19.3 Å². The molecule has 0 aliphatic carbocycles. The van der Waals surface area contributed by atoms with E-state index in [1.165, 1.54) is 10.5 Å². The topological polar surface area (TPSA) is 37.4 Å². The lowest BCUT2D eigenvalue weighted by atomic mass is 10.1. The van der Waals surface area contributed by atoms with E-state index in [2.05, 4.69) is 18.2 Å². The number of aryl methyl sites for hydroxylation is 1. The van der Waals surface area contributed by atoms with Crippen LogP contribution >= 0.6 is 0 Å². The summed E-state index contributed by atoms with van der Waals surface area (Å²) in [5.41, 5.74) is 2.36. The van der Waals surface area contributed by atoms with Crippen LogP contribution in [0.3, 0.4) is 0 Å². The lowest BCUT2D eigenvalue weighted by Crippen LogP contribution is -2.30. The van der Waals surface area contributed by atoms with Crippen LogP contribution in [-0.2, 0) is 6.42 Å². The molecule has 23 heavy (non-hydrogen) atoms. The van der Waals surface area contributed by atoms with Crippen molar-refractivity contribution >= 4 is 11.8 Å². The number of imide groups is 1. The zero-order chi connectivity index (χ0) is 16.1. The molecule has 0 radical (unpaired) electrons. The summed E-state index contributed by atoms with van der Waals surface area (Å²) < 4.78 is 0. The van der Waals surface area contributed by atoms with Gasteiger partial charge in [-0.2, -0.15) is 0 Å². The summed E-state index contributed by atoms with van der Waals surface area (Å²) in [6, 6.07) is 17.3. The fourth-order valence-corrected chi connectivity index (χ4v) is 2.78. The van der Waals surface area contributed by atoms with Crippen LogP contribution in [0.2, 0.25) is 0 Å². The third-order valence-corrected chi connectivity index (χ3v) is 4.01. The van der Waals surface area contributed by atoms with Gasteiger partial charge in [0.25, 0.3) is 11.8 Å². The molecule has 0 saturated heterocycles. The molecule has 0 bridgehead atoms. The molecule has 0 N–H and O–H groups in total. The molecule has 2 aromatic carbocycles. The van der Waals surface area contributed by atoms with Crippen molar-refractivity contribution in [3.8, 4) is 0 Å². The fraction of sp³-hybridized carbons (Fsp3) is 0.200. The van der Waals surface area contributed by atoms with Gasteiger partial charge in [-0.3, -0.25) is 14.5 Å². The van der Waals surface area contributed by atoms with Gasteiger partial charge in [-0.15, -0.1) is 0 Å². The van der Waals surface area contributed by atoms with Gasteiger partial charge in [0.1, 0.15) is 0 Å². The van der Waals surface area contributed by atoms with Crippen molar-refractivity contribution in [3.05, 3.63) is 83.4 Å². The van der Waals surface area contributed by atoms with Crippen LogP contribution < -0.4 is 0 Å². The Balaban J connectivity index is 1.47. The molecule has 3 heteroatoms. The van der Waals surface area contributed by atoms with Gasteiger partial charge in [-0.25, -0.2) is 0 Å². The van der Waals surface area contributed by atoms with Crippen LogP contribution in [0.4, 0.5) is 0 Å². The first-order valence-corrected chi connectivity index (χ1v) is 7.91. The molecule has 0 atom stereocenters. The van der Waals surface area contributed by atoms with E-state index in [-0.39, 0.29) is 11.8 Å². The highest BCUT2D eigenvalue weighted by Crippen LogP contribution is 2.22. The van der Waals surface area contributed by atoms with E-state index < -0.39 is 0 Å². The molecule has 0 spiro atoms. The summed E-state index contributed by atoms with van der Waals surface area (Å²) in [4.78, 5) is 25.7. The second kappa shape index (κ2) is 7.05. The summed E-state index contributed by atoms with van der Waals surface area (Å²) in [5, 5.41) is 0. The molecule has 3 nitrogen and oxygen atoms in total. The Hall–Kier alpha value is -2.68. The minimum Gasteiger partial charge on any atom is -0.274 e. The summed E-state index contributed by atoms with van der Waals surface area (Å²) in [5.74, 6) is -0.355. The smallest absolute Gasteiger partial charge is 0.261 e. The van der Waals surface area contributed by atoms with Gasteiger partial charge in [0, 0.05) is 6.54 Å². The highest BCUT2D eigenvalue weighted by molar-refractivity contribution is 6.21. The number of hydrogen-bond acceptors (Lipinski definition) is 2. The summed E-state index contributed by atoms with van der Waals surface area (Å²) in [6.07, 6.45) is 6.83. The number of carbonyl (C=O) groups excluding carboxylic acids is 2. The zero-order valence-electron chi connectivity index (χ0n) is 12.9. The number of carbonyl (C=O) groups is 2. The molecule has 0 saturated carbocycles. The second-order valence-corrected chi connectivity index (χ2v) is 5.59. The molecule has 0 aromatic heterocycles. The third kappa shape index (κ3) is 3.39. The van der Waals surface area contributed by atoms with Crippen LogP contribution in [-0.4, -0.2) is 23.3 Å². The largest absolute Gasteiger partial charge is 0.274 e. The van der Waals surface area contributed by atoms with E-state index in [1.807, 2.05) is 24.3 Å². The number of nitrogens with zero attached hydrogens (tertiary/aromatic N) is 1. The number of amides is 2. The standard InChI is InChI=1S/C20H19NO2/c22-19-17-13-7-8-14-18(17)20(23)21(19)15-9-2-1-4-10-16-11-5-3-6-12-16/h1-3,5-8,11-14H,4,9-10,15H2/b2-1+. The van der Waals surface area contributed by atoms with Crippen molar-refractivity contribution in [2.75, 3.05) is 6.54 Å². The van der Waals surface area contributed by atoms with Crippen molar-refractivity contribution in [1.82, 2.24) is 4.90 Å². The molecule has 1 heterocycles. The predicted octanol–water partition coefficient (Wildman–Crippen LogP) is 3.86. The van der Waals surface area contributed by atoms with Crippen molar-refractivity contribution < 1.29 is 9.59 Å². The van der Waals surface area contributed by atoms with Gasteiger partial charge in [0.15, 0.2) is 0 Å². The number of fused-ring (bicyclic) bond motifs is 1. The molecule has 1 aliphatic rings. The van der Waals surface area contributed by atoms with Gasteiger partial charge in [-0.1, -0.05) is 54.6 Å². The molecule has 0 unspecified atom stereocenters. The van der Waals surface area contributed by atoms with Crippen LogP contribution in [0.25, 0.3) is 0 Å². The van der Waals surface area contributed by atoms with E-state index in [4.69, 9.17) is 0 Å². The van der Waals surface area contributed by atoms with E-state index in [0.29, 0.717) is 24.1 Å². The normalized spacial score (nSPS) is 13.8. The maximum atomic E-state index is 12.2. The quantitative estimate of drug-likeness (QED) is 0.600. The summed E-state index contributed by atoms with van der Waals surface area (Å²) >= 11 is 0. The van der Waals surface area contributed by atoms with Crippen molar-refractivity contribution in [1.29, 1.82) is 0 Å². The van der Waals surface area contributed by atoms with Crippen molar-refractivity contribution in [2.24, 2.45) is 0 Å². The molecule has 0 fully saturated rings. The first-order valence-electron chi connectivity index (χ1n) is 7.91. The Labute approximate surface area is 136 Å². The number of benzene rings is 2. The third-order valence-electron chi connectivity index (χ3n) is 4.01. The predicted molar refractivity (Wildman–Crippen MR) is 90.3 cm³/mol. The average molecular weight is 305 g/mol. The van der Waals surface area contributed by atoms with E-state index in [1.54, 1.807) is 24.3 Å². The Morgan fingerprint density at radius 3 is 1.96 bits per heavy atom. The fourth-order valence-electron chi connectivity index (χ4n) is 2.78. The maximum absolute atomic E-state index is 12.2. The maximum Gasteiger partial charge on any atom is 0.261 e. The van der Waals surface area contributed by atoms with Gasteiger partial charge < -0.3 is 0 Å². The number of hydrogen-bond donors (Lipinski definition) is 0. The first-order chi connectivity index (χ1) is 11.3. The Morgan fingerprint density at radius 1 is 0.739 bits per heavy atom. The van der Waals surface area contributed by atoms with Gasteiger partial charge in [-0.05, 0) is 37.0 Å². The van der Waals surface area contributed by atoms with Gasteiger partial charge in [0.2, 0.25) is 0 Å². The molecular formula is C20H19NO2. The van der Waals surface area contributed by atoms with E-state index in [9.17, 15) is 9.59 Å². The number of allylic oxidation sites excluding steroid dienone is 1. The van der Waals surface area contributed by atoms with E-state index >= 15 is 0 Å². The molecule has 116 valence electrons. The van der Waals surface area contributed by atoms with Gasteiger partial charge >= 0.3 is 0 Å². The molecular weight excluding hydrogens is 286 g/mol. The molecule has 3 rings (SSSR count). The monoisotopic (exact) mass is 305 g/mol.